The van der Waals surface area contributed by atoms with E-state index in [1.165, 1.54) is 11.6 Å². The molecule has 0 heterocycles. The second-order valence-corrected chi connectivity index (χ2v) is 5.69. The van der Waals surface area contributed by atoms with Crippen LogP contribution >= 0.6 is 31.9 Å². The Morgan fingerprint density at radius 1 is 0.889 bits per heavy atom. The Morgan fingerprint density at radius 2 is 1.61 bits per heavy atom. The van der Waals surface area contributed by atoms with Crippen LogP contribution in [0.5, 0.6) is 0 Å². The minimum absolute atomic E-state index is 0.194. The van der Waals surface area contributed by atoms with Crippen molar-refractivity contribution in [1.82, 2.24) is 5.32 Å². The van der Waals surface area contributed by atoms with E-state index in [-0.39, 0.29) is 5.82 Å². The van der Waals surface area contributed by atoms with Crippen molar-refractivity contribution in [3.05, 3.63) is 68.4 Å². The quantitative estimate of drug-likeness (QED) is 0.824. The number of nitrogens with one attached hydrogen (secondary N) is 1. The van der Waals surface area contributed by atoms with Gasteiger partial charge >= 0.3 is 0 Å². The van der Waals surface area contributed by atoms with E-state index in [0.29, 0.717) is 6.54 Å². The zero-order chi connectivity index (χ0) is 13.0. The minimum atomic E-state index is -0.194. The summed E-state index contributed by atoms with van der Waals surface area (Å²) in [5, 5.41) is 3.29. The van der Waals surface area contributed by atoms with Crippen LogP contribution in [0.2, 0.25) is 0 Å². The molecule has 94 valence electrons. The van der Waals surface area contributed by atoms with Crippen LogP contribution in [-0.4, -0.2) is 0 Å². The summed E-state index contributed by atoms with van der Waals surface area (Å²) >= 11 is 6.90. The highest BCUT2D eigenvalue weighted by Crippen LogP contribution is 2.23. The van der Waals surface area contributed by atoms with E-state index in [1.807, 2.05) is 18.2 Å². The van der Waals surface area contributed by atoms with E-state index >= 15 is 0 Å². The van der Waals surface area contributed by atoms with Gasteiger partial charge in [0, 0.05) is 22.0 Å². The Hall–Kier alpha value is -0.710. The molecule has 0 atom stereocenters. The Morgan fingerprint density at radius 3 is 2.28 bits per heavy atom. The third-order valence-corrected chi connectivity index (χ3v) is 4.41. The van der Waals surface area contributed by atoms with Crippen molar-refractivity contribution < 1.29 is 4.39 Å². The van der Waals surface area contributed by atoms with E-state index in [4.69, 9.17) is 0 Å². The molecule has 0 aliphatic heterocycles. The predicted molar refractivity (Wildman–Crippen MR) is 78.8 cm³/mol. The standard InChI is InChI=1S/C14H12Br2FN/c15-13-5-4-11(7-14(13)16)9-18-8-10-2-1-3-12(17)6-10/h1-7,18H,8-9H2. The van der Waals surface area contributed by atoms with Crippen molar-refractivity contribution in [2.75, 3.05) is 0 Å². The van der Waals surface area contributed by atoms with Crippen molar-refractivity contribution in [1.29, 1.82) is 0 Å². The van der Waals surface area contributed by atoms with Gasteiger partial charge in [-0.05, 0) is 67.3 Å². The first-order valence-electron chi connectivity index (χ1n) is 5.54. The monoisotopic (exact) mass is 371 g/mol. The molecular formula is C14H12Br2FN. The van der Waals surface area contributed by atoms with Crippen LogP contribution in [0.4, 0.5) is 4.39 Å². The lowest BCUT2D eigenvalue weighted by Crippen LogP contribution is -2.12. The lowest BCUT2D eigenvalue weighted by molar-refractivity contribution is 0.620. The van der Waals surface area contributed by atoms with Gasteiger partial charge in [-0.1, -0.05) is 18.2 Å². The molecular weight excluding hydrogens is 361 g/mol. The fraction of sp³-hybridized carbons (Fsp3) is 0.143. The van der Waals surface area contributed by atoms with Gasteiger partial charge in [-0.3, -0.25) is 0 Å². The summed E-state index contributed by atoms with van der Waals surface area (Å²) in [4.78, 5) is 0. The van der Waals surface area contributed by atoms with Crippen LogP contribution in [0, 0.1) is 5.82 Å². The molecule has 0 saturated heterocycles. The predicted octanol–water partition coefficient (Wildman–Crippen LogP) is 4.64. The van der Waals surface area contributed by atoms with Gasteiger partial charge in [-0.15, -0.1) is 0 Å². The van der Waals surface area contributed by atoms with Gasteiger partial charge in [0.15, 0.2) is 0 Å². The van der Waals surface area contributed by atoms with Gasteiger partial charge in [0.2, 0.25) is 0 Å². The topological polar surface area (TPSA) is 12.0 Å². The second kappa shape index (κ2) is 6.45. The summed E-state index contributed by atoms with van der Waals surface area (Å²) in [6.07, 6.45) is 0. The lowest BCUT2D eigenvalue weighted by atomic mass is 10.2. The first kappa shape index (κ1) is 13.7. The van der Waals surface area contributed by atoms with Crippen LogP contribution in [0.15, 0.2) is 51.4 Å². The van der Waals surface area contributed by atoms with Crippen molar-refractivity contribution in [3.63, 3.8) is 0 Å². The number of benzene rings is 2. The zero-order valence-corrected chi connectivity index (χ0v) is 12.8. The molecule has 0 bridgehead atoms. The first-order chi connectivity index (χ1) is 8.65. The smallest absolute Gasteiger partial charge is 0.123 e. The number of hydrogen-bond donors (Lipinski definition) is 1. The second-order valence-electron chi connectivity index (χ2n) is 3.98. The molecule has 0 amide bonds. The van der Waals surface area contributed by atoms with Gasteiger partial charge in [-0.2, -0.15) is 0 Å². The summed E-state index contributed by atoms with van der Waals surface area (Å²) in [5.74, 6) is -0.194. The zero-order valence-electron chi connectivity index (χ0n) is 9.59. The van der Waals surface area contributed by atoms with Crippen LogP contribution in [0.1, 0.15) is 11.1 Å². The molecule has 0 aromatic heterocycles. The molecule has 2 aromatic rings. The van der Waals surface area contributed by atoms with Crippen molar-refractivity contribution in [2.24, 2.45) is 0 Å². The molecule has 1 nitrogen and oxygen atoms in total. The third-order valence-electron chi connectivity index (χ3n) is 2.53. The van der Waals surface area contributed by atoms with Crippen molar-refractivity contribution in [2.45, 2.75) is 13.1 Å². The Balaban J connectivity index is 1.90. The third kappa shape index (κ3) is 3.90. The molecule has 2 aromatic carbocycles. The Labute approximate surface area is 123 Å². The number of rotatable bonds is 4. The molecule has 0 fully saturated rings. The van der Waals surface area contributed by atoms with Crippen LogP contribution < -0.4 is 5.32 Å². The Kier molecular flexibility index (Phi) is 4.92. The average molecular weight is 373 g/mol. The first-order valence-corrected chi connectivity index (χ1v) is 7.13. The molecule has 0 aliphatic rings. The number of halogens is 3. The van der Waals surface area contributed by atoms with Crippen molar-refractivity contribution in [3.8, 4) is 0 Å². The van der Waals surface area contributed by atoms with Crippen LogP contribution in [0.3, 0.4) is 0 Å². The van der Waals surface area contributed by atoms with E-state index in [0.717, 1.165) is 21.1 Å². The highest BCUT2D eigenvalue weighted by molar-refractivity contribution is 9.13. The molecule has 0 radical (unpaired) electrons. The molecule has 0 saturated carbocycles. The van der Waals surface area contributed by atoms with E-state index in [1.54, 1.807) is 12.1 Å². The van der Waals surface area contributed by atoms with E-state index < -0.39 is 0 Å². The molecule has 0 spiro atoms. The van der Waals surface area contributed by atoms with Crippen LogP contribution in [0.25, 0.3) is 0 Å². The molecule has 18 heavy (non-hydrogen) atoms. The molecule has 0 unspecified atom stereocenters. The summed E-state index contributed by atoms with van der Waals surface area (Å²) in [7, 11) is 0. The maximum absolute atomic E-state index is 13.0. The molecule has 1 N–H and O–H groups in total. The van der Waals surface area contributed by atoms with Gasteiger partial charge in [0.1, 0.15) is 5.82 Å². The maximum atomic E-state index is 13.0. The summed E-state index contributed by atoms with van der Waals surface area (Å²) < 4.78 is 15.0. The average Bonchev–Trinajstić information content (AvgIpc) is 2.34. The number of hydrogen-bond acceptors (Lipinski definition) is 1. The summed E-state index contributed by atoms with van der Waals surface area (Å²) in [6.45, 7) is 1.41. The summed E-state index contributed by atoms with van der Waals surface area (Å²) in [5.41, 5.74) is 2.13. The van der Waals surface area contributed by atoms with E-state index in [9.17, 15) is 4.39 Å². The fourth-order valence-corrected chi connectivity index (χ4v) is 2.32. The summed E-state index contributed by atoms with van der Waals surface area (Å²) in [6, 6.07) is 12.7. The SMILES string of the molecule is Fc1cccc(CNCc2ccc(Br)c(Br)c2)c1. The van der Waals surface area contributed by atoms with Crippen LogP contribution in [-0.2, 0) is 13.1 Å². The highest BCUT2D eigenvalue weighted by Gasteiger charge is 1.99. The normalized spacial score (nSPS) is 10.6. The Bertz CT molecular complexity index is 543. The van der Waals surface area contributed by atoms with Gasteiger partial charge in [-0.25, -0.2) is 4.39 Å². The molecule has 0 aliphatic carbocycles. The van der Waals surface area contributed by atoms with Gasteiger partial charge in [0.05, 0.1) is 0 Å². The largest absolute Gasteiger partial charge is 0.309 e. The van der Waals surface area contributed by atoms with E-state index in [2.05, 4.69) is 43.2 Å². The maximum Gasteiger partial charge on any atom is 0.123 e. The van der Waals surface area contributed by atoms with Gasteiger partial charge < -0.3 is 5.32 Å². The van der Waals surface area contributed by atoms with Crippen molar-refractivity contribution >= 4 is 31.9 Å². The lowest BCUT2D eigenvalue weighted by Gasteiger charge is -2.06. The van der Waals surface area contributed by atoms with Gasteiger partial charge in [0.25, 0.3) is 0 Å². The molecule has 4 heteroatoms. The molecule has 2 rings (SSSR count). The minimum Gasteiger partial charge on any atom is -0.309 e. The fourth-order valence-electron chi connectivity index (χ4n) is 1.65. The highest BCUT2D eigenvalue weighted by atomic mass is 79.9.